The van der Waals surface area contributed by atoms with Crippen LogP contribution in [0.5, 0.6) is 0 Å². The SMILES string of the molecule is CCCc1c(Cl)nc(C=O)c(Cl)c1CC. The van der Waals surface area contributed by atoms with E-state index in [0.29, 0.717) is 16.5 Å². The zero-order valence-electron chi connectivity index (χ0n) is 8.81. The number of pyridine rings is 1. The van der Waals surface area contributed by atoms with Gasteiger partial charge in [-0.3, -0.25) is 4.79 Å². The molecule has 0 aliphatic heterocycles. The first-order chi connectivity index (χ1) is 7.15. The highest BCUT2D eigenvalue weighted by Crippen LogP contribution is 2.28. The van der Waals surface area contributed by atoms with Crippen molar-refractivity contribution in [1.82, 2.24) is 4.98 Å². The Labute approximate surface area is 99.6 Å². The fourth-order valence-corrected chi connectivity index (χ4v) is 2.22. The van der Waals surface area contributed by atoms with Gasteiger partial charge in [0.2, 0.25) is 0 Å². The lowest BCUT2D eigenvalue weighted by Gasteiger charge is -2.11. The van der Waals surface area contributed by atoms with Gasteiger partial charge in [-0.2, -0.15) is 0 Å². The molecule has 0 atom stereocenters. The number of hydrogen-bond donors (Lipinski definition) is 0. The molecule has 0 amide bonds. The van der Waals surface area contributed by atoms with Gasteiger partial charge in [-0.15, -0.1) is 0 Å². The smallest absolute Gasteiger partial charge is 0.170 e. The van der Waals surface area contributed by atoms with Crippen molar-refractivity contribution >= 4 is 29.5 Å². The highest BCUT2D eigenvalue weighted by Gasteiger charge is 2.15. The van der Waals surface area contributed by atoms with Gasteiger partial charge in [0.25, 0.3) is 0 Å². The lowest BCUT2D eigenvalue weighted by molar-refractivity contribution is 0.111. The van der Waals surface area contributed by atoms with Crippen LogP contribution in [-0.2, 0) is 12.8 Å². The van der Waals surface area contributed by atoms with Gasteiger partial charge < -0.3 is 0 Å². The van der Waals surface area contributed by atoms with Gasteiger partial charge in [0.05, 0.1) is 5.02 Å². The lowest BCUT2D eigenvalue weighted by atomic mass is 10.0. The average molecular weight is 246 g/mol. The van der Waals surface area contributed by atoms with Crippen molar-refractivity contribution in [3.05, 3.63) is 27.0 Å². The normalized spacial score (nSPS) is 10.4. The van der Waals surface area contributed by atoms with E-state index >= 15 is 0 Å². The summed E-state index contributed by atoms with van der Waals surface area (Å²) in [6.07, 6.45) is 3.22. The van der Waals surface area contributed by atoms with E-state index in [4.69, 9.17) is 23.2 Å². The zero-order chi connectivity index (χ0) is 11.4. The Kier molecular flexibility index (Phi) is 4.55. The molecule has 4 heteroatoms. The number of aldehydes is 1. The molecule has 0 aliphatic rings. The van der Waals surface area contributed by atoms with Gasteiger partial charge in [-0.1, -0.05) is 43.5 Å². The van der Waals surface area contributed by atoms with E-state index in [-0.39, 0.29) is 5.69 Å². The fourth-order valence-electron chi connectivity index (χ4n) is 1.58. The van der Waals surface area contributed by atoms with Crippen LogP contribution in [0.3, 0.4) is 0 Å². The summed E-state index contributed by atoms with van der Waals surface area (Å²) in [5.74, 6) is 0. The Bertz CT molecular complexity index is 377. The largest absolute Gasteiger partial charge is 0.296 e. The van der Waals surface area contributed by atoms with Crippen LogP contribution in [0, 0.1) is 0 Å². The molecular formula is C11H13Cl2NO. The number of hydrogen-bond acceptors (Lipinski definition) is 2. The van der Waals surface area contributed by atoms with Gasteiger partial charge in [0.15, 0.2) is 6.29 Å². The number of carbonyl (C=O) groups is 1. The van der Waals surface area contributed by atoms with Gasteiger partial charge in [-0.05, 0) is 24.0 Å². The standard InChI is InChI=1S/C11H13Cl2NO/c1-3-5-8-7(4-2)10(12)9(6-15)14-11(8)13/h6H,3-5H2,1-2H3. The molecule has 1 rings (SSSR count). The minimum absolute atomic E-state index is 0.235. The van der Waals surface area contributed by atoms with Gasteiger partial charge in [-0.25, -0.2) is 4.98 Å². The molecule has 1 heterocycles. The Balaban J connectivity index is 3.38. The van der Waals surface area contributed by atoms with Crippen LogP contribution in [0.4, 0.5) is 0 Å². The Morgan fingerprint density at radius 2 is 1.93 bits per heavy atom. The van der Waals surface area contributed by atoms with Crippen LogP contribution in [0.15, 0.2) is 0 Å². The molecule has 0 saturated carbocycles. The third kappa shape index (κ3) is 2.50. The number of carbonyl (C=O) groups excluding carboxylic acids is 1. The highest BCUT2D eigenvalue weighted by molar-refractivity contribution is 6.35. The van der Waals surface area contributed by atoms with E-state index in [1.54, 1.807) is 0 Å². The number of halogens is 2. The Hall–Kier alpha value is -0.600. The highest BCUT2D eigenvalue weighted by atomic mass is 35.5. The minimum atomic E-state index is 0.235. The minimum Gasteiger partial charge on any atom is -0.296 e. The molecule has 0 aromatic carbocycles. The summed E-state index contributed by atoms with van der Waals surface area (Å²) in [6, 6.07) is 0. The average Bonchev–Trinajstić information content (AvgIpc) is 2.23. The fraction of sp³-hybridized carbons (Fsp3) is 0.455. The first kappa shape index (κ1) is 12.5. The quantitative estimate of drug-likeness (QED) is 0.598. The third-order valence-corrected chi connectivity index (χ3v) is 3.02. The summed E-state index contributed by atoms with van der Waals surface area (Å²) in [5.41, 5.74) is 2.15. The molecule has 0 aliphatic carbocycles. The number of nitrogens with zero attached hydrogens (tertiary/aromatic N) is 1. The number of aromatic nitrogens is 1. The van der Waals surface area contributed by atoms with E-state index in [1.165, 1.54) is 0 Å². The van der Waals surface area contributed by atoms with E-state index in [1.807, 2.05) is 6.92 Å². The van der Waals surface area contributed by atoms with Crippen molar-refractivity contribution in [3.63, 3.8) is 0 Å². The molecule has 0 bridgehead atoms. The molecule has 1 aromatic heterocycles. The second kappa shape index (κ2) is 5.47. The molecule has 1 aromatic rings. The van der Waals surface area contributed by atoms with Gasteiger partial charge in [0, 0.05) is 0 Å². The van der Waals surface area contributed by atoms with Gasteiger partial charge in [0.1, 0.15) is 10.8 Å². The second-order valence-corrected chi connectivity index (χ2v) is 4.02. The summed E-state index contributed by atoms with van der Waals surface area (Å²) in [7, 11) is 0. The maximum absolute atomic E-state index is 10.7. The van der Waals surface area contributed by atoms with E-state index in [0.717, 1.165) is 30.4 Å². The Morgan fingerprint density at radius 3 is 2.40 bits per heavy atom. The monoisotopic (exact) mass is 245 g/mol. The molecule has 0 spiro atoms. The molecule has 15 heavy (non-hydrogen) atoms. The van der Waals surface area contributed by atoms with Crippen LogP contribution in [0.2, 0.25) is 10.2 Å². The van der Waals surface area contributed by atoms with Crippen molar-refractivity contribution in [2.24, 2.45) is 0 Å². The van der Waals surface area contributed by atoms with Crippen LogP contribution in [-0.4, -0.2) is 11.3 Å². The van der Waals surface area contributed by atoms with Crippen LogP contribution in [0.1, 0.15) is 41.9 Å². The number of rotatable bonds is 4. The molecule has 0 saturated heterocycles. The van der Waals surface area contributed by atoms with Crippen molar-refractivity contribution < 1.29 is 4.79 Å². The molecular weight excluding hydrogens is 233 g/mol. The summed E-state index contributed by atoms with van der Waals surface area (Å²) < 4.78 is 0. The molecule has 82 valence electrons. The summed E-state index contributed by atoms with van der Waals surface area (Å²) >= 11 is 12.1. The first-order valence-corrected chi connectivity index (χ1v) is 5.73. The van der Waals surface area contributed by atoms with Crippen molar-refractivity contribution in [1.29, 1.82) is 0 Å². The summed E-state index contributed by atoms with van der Waals surface area (Å²) in [6.45, 7) is 4.06. The lowest BCUT2D eigenvalue weighted by Crippen LogP contribution is -2.02. The maximum Gasteiger partial charge on any atom is 0.170 e. The maximum atomic E-state index is 10.7. The summed E-state index contributed by atoms with van der Waals surface area (Å²) in [5, 5.41) is 0.848. The molecule has 0 fully saturated rings. The van der Waals surface area contributed by atoms with E-state index < -0.39 is 0 Å². The van der Waals surface area contributed by atoms with Crippen LogP contribution >= 0.6 is 23.2 Å². The van der Waals surface area contributed by atoms with Crippen molar-refractivity contribution in [2.45, 2.75) is 33.1 Å². The second-order valence-electron chi connectivity index (χ2n) is 3.28. The van der Waals surface area contributed by atoms with E-state index in [2.05, 4.69) is 11.9 Å². The predicted octanol–water partition coefficient (Wildman–Crippen LogP) is 3.72. The third-order valence-electron chi connectivity index (χ3n) is 2.29. The van der Waals surface area contributed by atoms with E-state index in [9.17, 15) is 4.79 Å². The molecule has 0 N–H and O–H groups in total. The summed E-state index contributed by atoms with van der Waals surface area (Å²) in [4.78, 5) is 14.7. The van der Waals surface area contributed by atoms with Crippen LogP contribution < -0.4 is 0 Å². The van der Waals surface area contributed by atoms with Crippen LogP contribution in [0.25, 0.3) is 0 Å². The molecule has 0 unspecified atom stereocenters. The first-order valence-electron chi connectivity index (χ1n) is 4.97. The van der Waals surface area contributed by atoms with Gasteiger partial charge >= 0.3 is 0 Å². The molecule has 0 radical (unpaired) electrons. The topological polar surface area (TPSA) is 30.0 Å². The van der Waals surface area contributed by atoms with Crippen molar-refractivity contribution in [2.75, 3.05) is 0 Å². The molecule has 2 nitrogen and oxygen atoms in total. The van der Waals surface area contributed by atoms with Crippen molar-refractivity contribution in [3.8, 4) is 0 Å². The Morgan fingerprint density at radius 1 is 1.27 bits per heavy atom. The predicted molar refractivity (Wildman–Crippen MR) is 63.0 cm³/mol. The zero-order valence-corrected chi connectivity index (χ0v) is 10.3.